The first-order chi connectivity index (χ1) is 20.8. The third kappa shape index (κ3) is 6.03. The van der Waals surface area contributed by atoms with Crippen molar-refractivity contribution in [3.63, 3.8) is 0 Å². The second-order valence-corrected chi connectivity index (χ2v) is 11.8. The molecule has 6 rings (SSSR count). The minimum absolute atomic E-state index is 0.00554. The molecule has 9 nitrogen and oxygen atoms in total. The molecule has 0 spiro atoms. The third-order valence-electron chi connectivity index (χ3n) is 8.63. The Kier molecular flexibility index (Phi) is 8.48. The predicted octanol–water partition coefficient (Wildman–Crippen LogP) is 4.98. The molecule has 0 N–H and O–H groups in total. The number of hydrogen-bond acceptors (Lipinski definition) is 8. The van der Waals surface area contributed by atoms with E-state index in [1.807, 2.05) is 41.3 Å². The minimum Gasteiger partial charge on any atom is -0.460 e. The van der Waals surface area contributed by atoms with Gasteiger partial charge in [0.15, 0.2) is 5.83 Å². The number of piperidine rings is 1. The molecule has 0 saturated carbocycles. The number of halogens is 2. The average Bonchev–Trinajstić information content (AvgIpc) is 3.01. The van der Waals surface area contributed by atoms with Gasteiger partial charge >= 0.3 is 6.01 Å². The Hall–Kier alpha value is -3.78. The molecule has 224 valence electrons. The van der Waals surface area contributed by atoms with Crippen LogP contribution in [0.2, 0.25) is 5.02 Å². The number of rotatable bonds is 6. The average molecular weight is 605 g/mol. The summed E-state index contributed by atoms with van der Waals surface area (Å²) in [6, 6.07) is 13.9. The summed E-state index contributed by atoms with van der Waals surface area (Å²) >= 11 is 6.65. The zero-order chi connectivity index (χ0) is 30.1. The number of ether oxygens (including phenoxy) is 2. The molecule has 2 atom stereocenters. The van der Waals surface area contributed by atoms with Crippen molar-refractivity contribution in [3.8, 4) is 12.1 Å². The molecule has 43 heavy (non-hydrogen) atoms. The number of aromatic nitrogens is 2. The van der Waals surface area contributed by atoms with Crippen molar-refractivity contribution in [3.05, 3.63) is 70.6 Å². The van der Waals surface area contributed by atoms with Gasteiger partial charge in [-0.05, 0) is 36.9 Å². The van der Waals surface area contributed by atoms with Gasteiger partial charge in [-0.3, -0.25) is 4.79 Å². The molecule has 11 heteroatoms. The van der Waals surface area contributed by atoms with Crippen LogP contribution >= 0.6 is 11.6 Å². The summed E-state index contributed by atoms with van der Waals surface area (Å²) in [5.41, 5.74) is 2.68. The number of benzene rings is 2. The summed E-state index contributed by atoms with van der Waals surface area (Å²) in [5, 5.41) is 12.2. The fourth-order valence-corrected chi connectivity index (χ4v) is 6.63. The number of fused-ring (bicyclic) bond motifs is 2. The normalized spacial score (nSPS) is 21.3. The van der Waals surface area contributed by atoms with Crippen molar-refractivity contribution < 1.29 is 18.7 Å². The van der Waals surface area contributed by atoms with Gasteiger partial charge in [-0.15, -0.1) is 0 Å². The number of carbonyl (C=O) groups excluding carboxylic acids is 1. The topological polar surface area (TPSA) is 94.8 Å². The van der Waals surface area contributed by atoms with Crippen LogP contribution in [0.1, 0.15) is 42.2 Å². The maximum atomic E-state index is 13.8. The molecule has 2 saturated heterocycles. The van der Waals surface area contributed by atoms with E-state index in [9.17, 15) is 14.4 Å². The molecule has 0 aliphatic carbocycles. The first-order valence-corrected chi connectivity index (χ1v) is 15.0. The lowest BCUT2D eigenvalue weighted by Gasteiger charge is -2.42. The molecular formula is C32H34ClFN6O3. The van der Waals surface area contributed by atoms with Crippen LogP contribution in [0.3, 0.4) is 0 Å². The largest absolute Gasteiger partial charge is 0.460 e. The van der Waals surface area contributed by atoms with Gasteiger partial charge in [0.1, 0.15) is 11.9 Å². The van der Waals surface area contributed by atoms with Gasteiger partial charge in [-0.25, -0.2) is 4.39 Å². The highest BCUT2D eigenvalue weighted by atomic mass is 35.5. The SMILES string of the molecule is C=C(F)C(=O)N1CCN(c2nc(OC3CCN(C)CC3)nc3c2COC(c2cccc4cccc(Cl)c24)C3)C[C@@H]1CC#N. The van der Waals surface area contributed by atoms with Crippen LogP contribution in [0.4, 0.5) is 10.2 Å². The van der Waals surface area contributed by atoms with E-state index in [-0.39, 0.29) is 31.8 Å². The molecule has 0 bridgehead atoms. The van der Waals surface area contributed by atoms with Gasteiger partial charge in [0.05, 0.1) is 36.9 Å². The first-order valence-electron chi connectivity index (χ1n) is 14.6. The lowest BCUT2D eigenvalue weighted by atomic mass is 9.94. The van der Waals surface area contributed by atoms with Gasteiger partial charge < -0.3 is 24.2 Å². The lowest BCUT2D eigenvalue weighted by Crippen LogP contribution is -2.55. The van der Waals surface area contributed by atoms with Crippen molar-refractivity contribution in [1.29, 1.82) is 5.26 Å². The van der Waals surface area contributed by atoms with E-state index in [2.05, 4.69) is 24.6 Å². The highest BCUT2D eigenvalue weighted by molar-refractivity contribution is 6.35. The van der Waals surface area contributed by atoms with Crippen molar-refractivity contribution in [2.45, 2.75) is 50.5 Å². The van der Waals surface area contributed by atoms with E-state index < -0.39 is 17.8 Å². The second kappa shape index (κ2) is 12.4. The number of nitrogens with zero attached hydrogens (tertiary/aromatic N) is 6. The van der Waals surface area contributed by atoms with Crippen molar-refractivity contribution in [1.82, 2.24) is 19.8 Å². The lowest BCUT2D eigenvalue weighted by molar-refractivity contribution is -0.131. The summed E-state index contributed by atoms with van der Waals surface area (Å²) in [4.78, 5) is 28.0. The monoisotopic (exact) mass is 604 g/mol. The zero-order valence-corrected chi connectivity index (χ0v) is 24.9. The summed E-state index contributed by atoms with van der Waals surface area (Å²) in [5.74, 6) is -1.15. The highest BCUT2D eigenvalue weighted by Gasteiger charge is 2.36. The van der Waals surface area contributed by atoms with Gasteiger partial charge in [0.25, 0.3) is 5.91 Å². The van der Waals surface area contributed by atoms with E-state index in [1.165, 1.54) is 4.90 Å². The number of nitriles is 1. The summed E-state index contributed by atoms with van der Waals surface area (Å²) in [6.07, 6.45) is 2.05. The number of likely N-dealkylation sites (tertiary alicyclic amines) is 1. The third-order valence-corrected chi connectivity index (χ3v) is 8.95. The smallest absolute Gasteiger partial charge is 0.318 e. The molecule has 1 aromatic heterocycles. The van der Waals surface area contributed by atoms with Crippen molar-refractivity contribution >= 4 is 34.1 Å². The molecular weight excluding hydrogens is 571 g/mol. The highest BCUT2D eigenvalue weighted by Crippen LogP contribution is 2.39. The summed E-state index contributed by atoms with van der Waals surface area (Å²) < 4.78 is 26.6. The standard InChI is InChI=1S/C32H34ClFN6O3/c1-20(34)31(41)40-16-15-39(18-22(40)9-12-35)30-25-19-42-28(24-7-3-5-21-6-4-8-26(33)29(21)24)17-27(25)36-32(37-30)43-23-10-13-38(2)14-11-23/h3-8,22-23,28H,1,9-11,13-19H2,2H3/t22-,28?/m0/s1. The van der Waals surface area contributed by atoms with E-state index in [1.54, 1.807) is 0 Å². The second-order valence-electron chi connectivity index (χ2n) is 11.4. The van der Waals surface area contributed by atoms with Crippen LogP contribution in [-0.2, 0) is 22.6 Å². The number of carbonyl (C=O) groups is 1. The van der Waals surface area contributed by atoms with Crippen LogP contribution in [0, 0.1) is 11.3 Å². The molecule has 4 heterocycles. The van der Waals surface area contributed by atoms with Crippen LogP contribution in [0.25, 0.3) is 10.8 Å². The molecule has 2 aromatic carbocycles. The van der Waals surface area contributed by atoms with Crippen molar-refractivity contribution in [2.24, 2.45) is 0 Å². The number of anilines is 1. The predicted molar refractivity (Wildman–Crippen MR) is 162 cm³/mol. The van der Waals surface area contributed by atoms with E-state index in [0.717, 1.165) is 53.5 Å². The zero-order valence-electron chi connectivity index (χ0n) is 24.1. The Labute approximate surface area is 255 Å². The summed E-state index contributed by atoms with van der Waals surface area (Å²) in [7, 11) is 2.10. The molecule has 2 fully saturated rings. The molecule has 3 aliphatic rings. The minimum atomic E-state index is -1.03. The number of piperazine rings is 1. The summed E-state index contributed by atoms with van der Waals surface area (Å²) in [6.45, 7) is 6.26. The van der Waals surface area contributed by atoms with Gasteiger partial charge in [-0.2, -0.15) is 15.2 Å². The molecule has 1 unspecified atom stereocenters. The van der Waals surface area contributed by atoms with Crippen LogP contribution < -0.4 is 9.64 Å². The maximum Gasteiger partial charge on any atom is 0.318 e. The molecule has 0 radical (unpaired) electrons. The van der Waals surface area contributed by atoms with Crippen LogP contribution in [0.5, 0.6) is 6.01 Å². The molecule has 1 amide bonds. The van der Waals surface area contributed by atoms with Crippen molar-refractivity contribution in [2.75, 3.05) is 44.7 Å². The first kappa shape index (κ1) is 29.3. The van der Waals surface area contributed by atoms with Crippen LogP contribution in [-0.4, -0.2) is 77.6 Å². The Morgan fingerprint density at radius 1 is 1.19 bits per heavy atom. The number of hydrogen-bond donors (Lipinski definition) is 0. The Morgan fingerprint density at radius 2 is 1.95 bits per heavy atom. The fraction of sp³-hybridized carbons (Fsp3) is 0.438. The van der Waals surface area contributed by atoms with E-state index in [0.29, 0.717) is 36.4 Å². The number of amides is 1. The van der Waals surface area contributed by atoms with E-state index >= 15 is 0 Å². The quantitative estimate of drug-likeness (QED) is 0.364. The molecule has 3 aliphatic heterocycles. The van der Waals surface area contributed by atoms with Crippen LogP contribution in [0.15, 0.2) is 48.8 Å². The molecule has 3 aromatic rings. The maximum absolute atomic E-state index is 13.8. The van der Waals surface area contributed by atoms with Gasteiger partial charge in [0.2, 0.25) is 0 Å². The van der Waals surface area contributed by atoms with E-state index in [4.69, 9.17) is 31.0 Å². The van der Waals surface area contributed by atoms with Gasteiger partial charge in [-0.1, -0.05) is 48.5 Å². The Bertz CT molecular complexity index is 1580. The fourth-order valence-electron chi connectivity index (χ4n) is 6.34. The Morgan fingerprint density at radius 3 is 2.70 bits per heavy atom. The van der Waals surface area contributed by atoms with Gasteiger partial charge in [0, 0.05) is 55.1 Å². The Balaban J connectivity index is 1.35.